The lowest BCUT2D eigenvalue weighted by Crippen LogP contribution is -2.08. The monoisotopic (exact) mass is 287 g/mol. The van der Waals surface area contributed by atoms with Gasteiger partial charge >= 0.3 is 0 Å². The van der Waals surface area contributed by atoms with Gasteiger partial charge in [-0.2, -0.15) is 0 Å². The Morgan fingerprint density at radius 2 is 1.77 bits per heavy atom. The van der Waals surface area contributed by atoms with Crippen LogP contribution in [0.2, 0.25) is 0 Å². The van der Waals surface area contributed by atoms with Crippen molar-refractivity contribution >= 4 is 21.8 Å². The molecule has 0 fully saturated rings. The van der Waals surface area contributed by atoms with Gasteiger partial charge in [0.2, 0.25) is 0 Å². The Hall–Kier alpha value is -3.01. The van der Waals surface area contributed by atoms with Crippen LogP contribution >= 0.6 is 0 Å². The summed E-state index contributed by atoms with van der Waals surface area (Å²) in [5.74, 6) is 0. The third kappa shape index (κ3) is 1.81. The van der Waals surface area contributed by atoms with Crippen molar-refractivity contribution in [3.63, 3.8) is 0 Å². The first-order valence-electron chi connectivity index (χ1n) is 7.07. The van der Waals surface area contributed by atoms with E-state index in [0.717, 1.165) is 27.6 Å². The van der Waals surface area contributed by atoms with Crippen molar-refractivity contribution in [2.45, 2.75) is 6.92 Å². The van der Waals surface area contributed by atoms with Gasteiger partial charge in [-0.25, -0.2) is 4.98 Å². The van der Waals surface area contributed by atoms with Crippen LogP contribution in [-0.4, -0.2) is 15.0 Å². The molecule has 4 rings (SSSR count). The van der Waals surface area contributed by atoms with E-state index < -0.39 is 0 Å². The lowest BCUT2D eigenvalue weighted by Gasteiger charge is -2.11. The van der Waals surface area contributed by atoms with Gasteiger partial charge in [-0.15, -0.1) is 0 Å². The highest BCUT2D eigenvalue weighted by Gasteiger charge is 2.11. The molecule has 2 aromatic carbocycles. The number of hydrogen-bond donors (Lipinski definition) is 1. The second-order valence-electron chi connectivity index (χ2n) is 5.24. The van der Waals surface area contributed by atoms with Gasteiger partial charge < -0.3 is 4.98 Å². The van der Waals surface area contributed by atoms with Gasteiger partial charge in [-0.3, -0.25) is 9.78 Å². The van der Waals surface area contributed by atoms with Crippen molar-refractivity contribution in [3.8, 4) is 11.1 Å². The standard InChI is InChI=1S/C18H13N3O/c1-11-12(6-7-16-17(11)18(22)21-10-20-16)13-8-9-19-15-5-3-2-4-14(13)15/h2-10H,1H3,(H,20,21,22). The fourth-order valence-electron chi connectivity index (χ4n) is 2.95. The number of aromatic amines is 1. The van der Waals surface area contributed by atoms with Crippen molar-refractivity contribution < 1.29 is 0 Å². The largest absolute Gasteiger partial charge is 0.313 e. The number of nitrogens with zero attached hydrogens (tertiary/aromatic N) is 2. The van der Waals surface area contributed by atoms with Gasteiger partial charge in [0.25, 0.3) is 5.56 Å². The second kappa shape index (κ2) is 4.77. The van der Waals surface area contributed by atoms with Crippen molar-refractivity contribution in [1.82, 2.24) is 15.0 Å². The number of aromatic nitrogens is 3. The van der Waals surface area contributed by atoms with Crippen LogP contribution in [0.4, 0.5) is 0 Å². The van der Waals surface area contributed by atoms with E-state index in [1.165, 1.54) is 6.33 Å². The molecule has 0 bridgehead atoms. The molecule has 2 aromatic heterocycles. The molecule has 0 atom stereocenters. The van der Waals surface area contributed by atoms with Crippen LogP contribution in [0.15, 0.2) is 59.8 Å². The molecule has 4 heteroatoms. The summed E-state index contributed by atoms with van der Waals surface area (Å²) in [6.45, 7) is 1.96. The van der Waals surface area contributed by atoms with Crippen LogP contribution in [0.1, 0.15) is 5.56 Å². The van der Waals surface area contributed by atoms with Crippen LogP contribution < -0.4 is 5.56 Å². The lowest BCUT2D eigenvalue weighted by molar-refractivity contribution is 1.17. The van der Waals surface area contributed by atoms with E-state index in [4.69, 9.17) is 0 Å². The second-order valence-corrected chi connectivity index (χ2v) is 5.24. The van der Waals surface area contributed by atoms with Gasteiger partial charge in [-0.05, 0) is 41.8 Å². The number of H-pyrrole nitrogens is 1. The molecule has 0 unspecified atom stereocenters. The topological polar surface area (TPSA) is 58.6 Å². The molecule has 4 aromatic rings. The van der Waals surface area contributed by atoms with Gasteiger partial charge in [0.15, 0.2) is 0 Å². The van der Waals surface area contributed by atoms with Gasteiger partial charge in [-0.1, -0.05) is 24.3 Å². The molecular weight excluding hydrogens is 274 g/mol. The molecular formula is C18H13N3O. The van der Waals surface area contributed by atoms with Crippen molar-refractivity contribution in [2.75, 3.05) is 0 Å². The minimum atomic E-state index is -0.109. The Morgan fingerprint density at radius 3 is 2.68 bits per heavy atom. The van der Waals surface area contributed by atoms with Crippen LogP contribution in [0.25, 0.3) is 32.9 Å². The summed E-state index contributed by atoms with van der Waals surface area (Å²) in [6.07, 6.45) is 3.24. The van der Waals surface area contributed by atoms with Crippen LogP contribution in [-0.2, 0) is 0 Å². The summed E-state index contributed by atoms with van der Waals surface area (Å²) in [5, 5.41) is 1.72. The Labute approximate surface area is 126 Å². The molecule has 22 heavy (non-hydrogen) atoms. The number of hydrogen-bond acceptors (Lipinski definition) is 3. The number of nitrogens with one attached hydrogen (secondary N) is 1. The number of fused-ring (bicyclic) bond motifs is 2. The molecule has 0 radical (unpaired) electrons. The van der Waals surface area contributed by atoms with E-state index in [-0.39, 0.29) is 5.56 Å². The Balaban J connectivity index is 2.12. The maximum Gasteiger partial charge on any atom is 0.258 e. The van der Waals surface area contributed by atoms with Crippen molar-refractivity contribution in [2.24, 2.45) is 0 Å². The predicted molar refractivity (Wildman–Crippen MR) is 87.8 cm³/mol. The van der Waals surface area contributed by atoms with E-state index in [1.807, 2.05) is 43.3 Å². The van der Waals surface area contributed by atoms with E-state index in [9.17, 15) is 4.79 Å². The van der Waals surface area contributed by atoms with Crippen molar-refractivity contribution in [3.05, 3.63) is 70.9 Å². The van der Waals surface area contributed by atoms with Gasteiger partial charge in [0.05, 0.1) is 22.7 Å². The molecule has 0 aliphatic rings. The van der Waals surface area contributed by atoms with E-state index in [0.29, 0.717) is 10.9 Å². The summed E-state index contributed by atoms with van der Waals surface area (Å²) >= 11 is 0. The fourth-order valence-corrected chi connectivity index (χ4v) is 2.95. The maximum absolute atomic E-state index is 12.1. The smallest absolute Gasteiger partial charge is 0.258 e. The van der Waals surface area contributed by atoms with Gasteiger partial charge in [0, 0.05) is 11.6 Å². The number of para-hydroxylation sites is 1. The average molecular weight is 287 g/mol. The summed E-state index contributed by atoms with van der Waals surface area (Å²) < 4.78 is 0. The highest BCUT2D eigenvalue weighted by Crippen LogP contribution is 2.31. The molecule has 106 valence electrons. The third-order valence-corrected chi connectivity index (χ3v) is 4.01. The molecule has 2 heterocycles. The molecule has 0 saturated heterocycles. The fraction of sp³-hybridized carbons (Fsp3) is 0.0556. The predicted octanol–water partition coefficient (Wildman–Crippen LogP) is 3.45. The first kappa shape index (κ1) is 12.7. The molecule has 0 saturated carbocycles. The van der Waals surface area contributed by atoms with Gasteiger partial charge in [0.1, 0.15) is 0 Å². The zero-order valence-electron chi connectivity index (χ0n) is 12.0. The number of benzene rings is 2. The maximum atomic E-state index is 12.1. The first-order valence-corrected chi connectivity index (χ1v) is 7.07. The summed E-state index contributed by atoms with van der Waals surface area (Å²) in [4.78, 5) is 23.4. The summed E-state index contributed by atoms with van der Waals surface area (Å²) in [5.41, 5.74) is 4.59. The SMILES string of the molecule is Cc1c(-c2ccnc3ccccc23)ccc2nc[nH]c(=O)c12. The van der Waals surface area contributed by atoms with Crippen molar-refractivity contribution in [1.29, 1.82) is 0 Å². The lowest BCUT2D eigenvalue weighted by atomic mass is 9.95. The van der Waals surface area contributed by atoms with E-state index >= 15 is 0 Å². The van der Waals surface area contributed by atoms with Crippen LogP contribution in [0.5, 0.6) is 0 Å². The number of pyridine rings is 1. The Kier molecular flexibility index (Phi) is 2.76. The minimum absolute atomic E-state index is 0.109. The molecule has 0 spiro atoms. The minimum Gasteiger partial charge on any atom is -0.313 e. The molecule has 1 N–H and O–H groups in total. The summed E-state index contributed by atoms with van der Waals surface area (Å²) in [7, 11) is 0. The van der Waals surface area contributed by atoms with E-state index in [2.05, 4.69) is 21.0 Å². The Bertz CT molecular complexity index is 1060. The molecule has 0 aliphatic heterocycles. The number of aryl methyl sites for hydroxylation is 1. The highest BCUT2D eigenvalue weighted by molar-refractivity contribution is 5.98. The summed E-state index contributed by atoms with van der Waals surface area (Å²) in [6, 6.07) is 13.9. The molecule has 4 nitrogen and oxygen atoms in total. The third-order valence-electron chi connectivity index (χ3n) is 4.01. The Morgan fingerprint density at radius 1 is 0.909 bits per heavy atom. The first-order chi connectivity index (χ1) is 10.8. The quantitative estimate of drug-likeness (QED) is 0.583. The average Bonchev–Trinajstić information content (AvgIpc) is 2.55. The highest BCUT2D eigenvalue weighted by atomic mass is 16.1. The molecule has 0 aliphatic carbocycles. The zero-order chi connectivity index (χ0) is 15.1. The normalized spacial score (nSPS) is 11.1. The van der Waals surface area contributed by atoms with Crippen LogP contribution in [0, 0.1) is 6.92 Å². The number of rotatable bonds is 1. The zero-order valence-corrected chi connectivity index (χ0v) is 12.0. The molecule has 0 amide bonds. The van der Waals surface area contributed by atoms with E-state index in [1.54, 1.807) is 6.20 Å². The van der Waals surface area contributed by atoms with Crippen LogP contribution in [0.3, 0.4) is 0 Å².